The number of hydrogen-bond acceptors (Lipinski definition) is 3. The van der Waals surface area contributed by atoms with E-state index in [2.05, 4.69) is 28.5 Å². The summed E-state index contributed by atoms with van der Waals surface area (Å²) in [5.74, 6) is 1.31. The molecule has 0 unspecified atom stereocenters. The number of nitrogens with zero attached hydrogens (tertiary/aromatic N) is 1. The van der Waals surface area contributed by atoms with E-state index in [1.807, 2.05) is 93.5 Å². The summed E-state index contributed by atoms with van der Waals surface area (Å²) in [6.07, 6.45) is 22.3. The zero-order chi connectivity index (χ0) is 23.6. The van der Waals surface area contributed by atoms with Crippen LogP contribution in [0.4, 0.5) is 17.1 Å². The Labute approximate surface area is 225 Å². The molecule has 5 rings (SSSR count). The van der Waals surface area contributed by atoms with Gasteiger partial charge in [0.15, 0.2) is 0 Å². The quantitative estimate of drug-likeness (QED) is 0.323. The first-order chi connectivity index (χ1) is 16.7. The molecule has 176 valence electrons. The van der Waals surface area contributed by atoms with Crippen LogP contribution in [-0.4, -0.2) is 10.9 Å². The zero-order valence-electron chi connectivity index (χ0n) is 19.1. The molecule has 1 heterocycles. The molecule has 1 aromatic heterocycles. The zero-order valence-corrected chi connectivity index (χ0v) is 21.0. The van der Waals surface area contributed by atoms with Crippen LogP contribution in [-0.2, 0) is 21.9 Å². The van der Waals surface area contributed by atoms with Gasteiger partial charge in [0.05, 0.1) is 5.52 Å². The summed E-state index contributed by atoms with van der Waals surface area (Å²) in [4.78, 5) is 16.5. The Morgan fingerprint density at radius 2 is 1.49 bits per heavy atom. The summed E-state index contributed by atoms with van der Waals surface area (Å²) in [5.41, 5.74) is 3.52. The fraction of sp³-hybridized carbons (Fsp3) is 0.103. The number of rotatable bonds is 7. The molecule has 35 heavy (non-hydrogen) atoms. The fourth-order valence-electron chi connectivity index (χ4n) is 3.60. The number of halogens is 1. The van der Waals surface area contributed by atoms with Gasteiger partial charge in [0.2, 0.25) is 5.91 Å². The summed E-state index contributed by atoms with van der Waals surface area (Å²) in [6.45, 7) is 0. The van der Waals surface area contributed by atoms with Crippen molar-refractivity contribution in [2.75, 3.05) is 10.6 Å². The number of nitrogens with one attached hydrogen (secondary N) is 2. The van der Waals surface area contributed by atoms with Crippen molar-refractivity contribution >= 4 is 45.5 Å². The Morgan fingerprint density at radius 3 is 2.17 bits per heavy atom. The molecule has 0 bridgehead atoms. The molecule has 2 aromatic carbocycles. The minimum absolute atomic E-state index is 0. The predicted molar refractivity (Wildman–Crippen MR) is 141 cm³/mol. The third kappa shape index (κ3) is 8.83. The molecule has 0 aliphatic heterocycles. The molecule has 2 aliphatic carbocycles. The second-order valence-electron chi connectivity index (χ2n) is 7.88. The predicted octanol–water partition coefficient (Wildman–Crippen LogP) is 7.16. The summed E-state index contributed by atoms with van der Waals surface area (Å²) < 4.78 is 0. The molecular formula is C29H26ClFeN3O+2. The molecule has 2 saturated carbocycles. The monoisotopic (exact) mass is 523 g/mol. The molecule has 2 N–H and O–H groups in total. The minimum Gasteiger partial charge on any atom is -0.355 e. The first kappa shape index (κ1) is 27.5. The van der Waals surface area contributed by atoms with Gasteiger partial charge in [0.25, 0.3) is 0 Å². The summed E-state index contributed by atoms with van der Waals surface area (Å²) in [5, 5.41) is 8.02. The van der Waals surface area contributed by atoms with Crippen LogP contribution in [0.25, 0.3) is 10.9 Å². The number of pyridine rings is 1. The molecule has 10 radical (unpaired) electrons. The van der Waals surface area contributed by atoms with Crippen molar-refractivity contribution in [3.63, 3.8) is 0 Å². The maximum absolute atomic E-state index is 12.1. The maximum Gasteiger partial charge on any atom is 2.00 e. The molecule has 0 spiro atoms. The first-order valence-corrected chi connectivity index (χ1v) is 11.6. The topological polar surface area (TPSA) is 54.0 Å². The van der Waals surface area contributed by atoms with Crippen LogP contribution in [0.15, 0.2) is 54.7 Å². The van der Waals surface area contributed by atoms with Crippen LogP contribution in [0.1, 0.15) is 19.3 Å². The summed E-state index contributed by atoms with van der Waals surface area (Å²) in [6, 6.07) is 15.3. The summed E-state index contributed by atoms with van der Waals surface area (Å²) in [7, 11) is 0. The molecule has 2 aliphatic rings. The molecule has 4 nitrogen and oxygen atoms in total. The number of hydrogen-bond donors (Lipinski definition) is 2. The Kier molecular flexibility index (Phi) is 11.4. The number of benzene rings is 2. The van der Waals surface area contributed by atoms with E-state index in [-0.39, 0.29) is 23.0 Å². The number of amides is 1. The fourth-order valence-corrected chi connectivity index (χ4v) is 3.77. The van der Waals surface area contributed by atoms with Crippen LogP contribution in [0.2, 0.25) is 5.02 Å². The van der Waals surface area contributed by atoms with Crippen molar-refractivity contribution in [2.45, 2.75) is 19.3 Å². The van der Waals surface area contributed by atoms with Gasteiger partial charge in [-0.2, -0.15) is 0 Å². The van der Waals surface area contributed by atoms with Gasteiger partial charge in [0.1, 0.15) is 0 Å². The van der Waals surface area contributed by atoms with Gasteiger partial charge < -0.3 is 10.6 Å². The smallest absolute Gasteiger partial charge is 0.355 e. The van der Waals surface area contributed by atoms with Crippen molar-refractivity contribution in [1.82, 2.24) is 4.98 Å². The van der Waals surface area contributed by atoms with E-state index < -0.39 is 0 Å². The Balaban J connectivity index is 0.000000509. The molecule has 2 fully saturated rings. The van der Waals surface area contributed by atoms with Crippen LogP contribution in [0, 0.1) is 63.7 Å². The maximum atomic E-state index is 12.1. The SMILES string of the molecule is O=C(CCC[C]1[CH][CH][CH][CH]1)Nc1ccc(Nc2ccnc3cc(Cl)ccc23)cc1.[CH]1[CH][CH][CH][CH]1.[Fe+2]. The first-order valence-electron chi connectivity index (χ1n) is 11.3. The van der Waals surface area contributed by atoms with Crippen molar-refractivity contribution in [2.24, 2.45) is 0 Å². The second kappa shape index (κ2) is 14.5. The average Bonchev–Trinajstić information content (AvgIpc) is 3.58. The number of aromatic nitrogens is 1. The molecule has 3 aromatic rings. The van der Waals surface area contributed by atoms with E-state index in [0.29, 0.717) is 11.4 Å². The molecular weight excluding hydrogens is 498 g/mol. The van der Waals surface area contributed by atoms with E-state index in [1.54, 1.807) is 6.20 Å². The Hall–Kier alpha value is -2.07. The summed E-state index contributed by atoms with van der Waals surface area (Å²) >= 11 is 6.05. The van der Waals surface area contributed by atoms with E-state index in [0.717, 1.165) is 40.8 Å². The van der Waals surface area contributed by atoms with Gasteiger partial charge in [0, 0.05) is 40.1 Å². The third-order valence-corrected chi connectivity index (χ3v) is 5.54. The van der Waals surface area contributed by atoms with Crippen LogP contribution in [0.5, 0.6) is 0 Å². The number of fused-ring (bicyclic) bond motifs is 1. The minimum atomic E-state index is 0. The van der Waals surface area contributed by atoms with Gasteiger partial charge in [-0.25, -0.2) is 0 Å². The number of carbonyl (C=O) groups is 1. The molecule has 0 saturated heterocycles. The van der Waals surface area contributed by atoms with Crippen molar-refractivity contribution < 1.29 is 21.9 Å². The van der Waals surface area contributed by atoms with Crippen LogP contribution < -0.4 is 10.6 Å². The Morgan fingerprint density at radius 1 is 0.829 bits per heavy atom. The van der Waals surface area contributed by atoms with Gasteiger partial charge in [-0.15, -0.1) is 0 Å². The van der Waals surface area contributed by atoms with Gasteiger partial charge in [-0.05, 0) is 125 Å². The number of anilines is 3. The van der Waals surface area contributed by atoms with E-state index >= 15 is 0 Å². The van der Waals surface area contributed by atoms with E-state index in [1.165, 1.54) is 5.92 Å². The second-order valence-corrected chi connectivity index (χ2v) is 8.32. The number of carbonyl (C=O) groups excluding carboxylic acids is 1. The van der Waals surface area contributed by atoms with Gasteiger partial charge in [-0.3, -0.25) is 9.78 Å². The van der Waals surface area contributed by atoms with Gasteiger partial charge in [-0.1, -0.05) is 11.6 Å². The van der Waals surface area contributed by atoms with Crippen LogP contribution in [0.3, 0.4) is 0 Å². The third-order valence-electron chi connectivity index (χ3n) is 5.31. The largest absolute Gasteiger partial charge is 2.00 e. The standard InChI is InChI=1S/C24H21ClN3O.C5H5.Fe/c25-18-8-13-21-22(14-15-26-23(21)16-18)27-19-9-11-20(12-10-19)28-24(29)7-3-6-17-4-1-2-5-17;1-2-4-5-3-1;/h1-2,4-5,8-16H,3,6-7H2,(H,26,27)(H,28,29);1-5H;/q;;+2. The van der Waals surface area contributed by atoms with Crippen molar-refractivity contribution in [1.29, 1.82) is 0 Å². The normalized spacial score (nSPS) is 15.2. The van der Waals surface area contributed by atoms with E-state index in [9.17, 15) is 4.79 Å². The van der Waals surface area contributed by atoms with Gasteiger partial charge >= 0.3 is 17.1 Å². The molecule has 6 heteroatoms. The molecule has 0 atom stereocenters. The Bertz CT molecular complexity index is 1060. The van der Waals surface area contributed by atoms with Crippen molar-refractivity contribution in [3.8, 4) is 0 Å². The average molecular weight is 524 g/mol. The molecule has 1 amide bonds. The van der Waals surface area contributed by atoms with Crippen LogP contribution >= 0.6 is 11.6 Å². The van der Waals surface area contributed by atoms with Crippen molar-refractivity contribution in [3.05, 3.63) is 123 Å². The van der Waals surface area contributed by atoms with E-state index in [4.69, 9.17) is 11.6 Å².